The molecule has 0 aliphatic rings. The SMILES string of the molecule is CCOC(=O)Nc1cc(C(C(=O)OC)C(=O)OC)ccc1[N+](=O)[O-]. The van der Waals surface area contributed by atoms with E-state index < -0.39 is 34.6 Å². The second-order valence-electron chi connectivity index (χ2n) is 4.36. The topological polar surface area (TPSA) is 134 Å². The highest BCUT2D eigenvalue weighted by molar-refractivity contribution is 6.01. The first-order valence-corrected chi connectivity index (χ1v) is 6.73. The molecular formula is C14H16N2O8. The lowest BCUT2D eigenvalue weighted by atomic mass is 9.98. The highest BCUT2D eigenvalue weighted by atomic mass is 16.6. The van der Waals surface area contributed by atoms with Gasteiger partial charge >= 0.3 is 18.0 Å². The molecule has 0 radical (unpaired) electrons. The maximum atomic E-state index is 11.8. The Labute approximate surface area is 136 Å². The molecule has 0 aromatic heterocycles. The summed E-state index contributed by atoms with van der Waals surface area (Å²) in [6, 6.07) is 3.37. The maximum absolute atomic E-state index is 11.8. The van der Waals surface area contributed by atoms with Gasteiger partial charge in [-0.1, -0.05) is 6.07 Å². The first-order valence-electron chi connectivity index (χ1n) is 6.73. The van der Waals surface area contributed by atoms with Crippen LogP contribution >= 0.6 is 0 Å². The maximum Gasteiger partial charge on any atom is 0.411 e. The minimum Gasteiger partial charge on any atom is -0.468 e. The van der Waals surface area contributed by atoms with Crippen LogP contribution in [-0.4, -0.2) is 43.8 Å². The number of nitrogens with one attached hydrogen (secondary N) is 1. The molecular weight excluding hydrogens is 324 g/mol. The van der Waals surface area contributed by atoms with Crippen LogP contribution < -0.4 is 5.32 Å². The van der Waals surface area contributed by atoms with Gasteiger partial charge in [-0.05, 0) is 18.6 Å². The van der Waals surface area contributed by atoms with Crippen molar-refractivity contribution in [3.8, 4) is 0 Å². The summed E-state index contributed by atoms with van der Waals surface area (Å²) >= 11 is 0. The Bertz CT molecular complexity index is 642. The van der Waals surface area contributed by atoms with Gasteiger partial charge in [-0.3, -0.25) is 25.0 Å². The molecule has 1 aromatic carbocycles. The first-order chi connectivity index (χ1) is 11.3. The monoisotopic (exact) mass is 340 g/mol. The largest absolute Gasteiger partial charge is 0.468 e. The summed E-state index contributed by atoms with van der Waals surface area (Å²) in [6.07, 6.45) is -0.912. The summed E-state index contributed by atoms with van der Waals surface area (Å²) in [4.78, 5) is 45.4. The van der Waals surface area contributed by atoms with E-state index in [2.05, 4.69) is 19.5 Å². The lowest BCUT2D eigenvalue weighted by molar-refractivity contribution is -0.383. The molecule has 1 N–H and O–H groups in total. The number of ether oxygens (including phenoxy) is 3. The van der Waals surface area contributed by atoms with Gasteiger partial charge in [0.05, 0.1) is 25.7 Å². The number of anilines is 1. The molecule has 0 heterocycles. The number of benzene rings is 1. The van der Waals surface area contributed by atoms with Crippen molar-refractivity contribution in [3.05, 3.63) is 33.9 Å². The predicted molar refractivity (Wildman–Crippen MR) is 80.5 cm³/mol. The minimum absolute atomic E-state index is 0.0612. The number of carbonyl (C=O) groups is 3. The van der Waals surface area contributed by atoms with E-state index in [1.54, 1.807) is 6.92 Å². The summed E-state index contributed by atoms with van der Waals surface area (Å²) in [5, 5.41) is 13.2. The van der Waals surface area contributed by atoms with Crippen LogP contribution in [0.5, 0.6) is 0 Å². The van der Waals surface area contributed by atoms with Gasteiger partial charge in [0.15, 0.2) is 5.92 Å². The van der Waals surface area contributed by atoms with Crippen molar-refractivity contribution in [2.24, 2.45) is 0 Å². The second kappa shape index (κ2) is 8.46. The third-order valence-corrected chi connectivity index (χ3v) is 2.94. The molecule has 0 atom stereocenters. The Hall–Kier alpha value is -3.17. The van der Waals surface area contributed by atoms with E-state index in [0.29, 0.717) is 0 Å². The third-order valence-electron chi connectivity index (χ3n) is 2.94. The summed E-state index contributed by atoms with van der Waals surface area (Å²) < 4.78 is 13.7. The Kier molecular flexibility index (Phi) is 6.65. The molecule has 10 heteroatoms. The molecule has 1 rings (SSSR count). The molecule has 0 saturated carbocycles. The van der Waals surface area contributed by atoms with Gasteiger partial charge in [0.1, 0.15) is 5.69 Å². The van der Waals surface area contributed by atoms with E-state index in [-0.39, 0.29) is 17.9 Å². The van der Waals surface area contributed by atoms with Gasteiger partial charge in [0.25, 0.3) is 5.69 Å². The molecule has 0 fully saturated rings. The zero-order valence-electron chi connectivity index (χ0n) is 13.2. The molecule has 1 aromatic rings. The van der Waals surface area contributed by atoms with E-state index in [1.165, 1.54) is 6.07 Å². The van der Waals surface area contributed by atoms with Crippen LogP contribution in [0.3, 0.4) is 0 Å². The quantitative estimate of drug-likeness (QED) is 0.271. The molecule has 24 heavy (non-hydrogen) atoms. The summed E-state index contributed by atoms with van der Waals surface area (Å²) in [5.41, 5.74) is -0.597. The van der Waals surface area contributed by atoms with Crippen LogP contribution in [-0.2, 0) is 23.8 Å². The third kappa shape index (κ3) is 4.41. The van der Waals surface area contributed by atoms with E-state index in [4.69, 9.17) is 0 Å². The number of nitro groups is 1. The number of hydrogen-bond donors (Lipinski definition) is 1. The molecule has 0 bridgehead atoms. The Balaban J connectivity index is 3.34. The van der Waals surface area contributed by atoms with Crippen molar-refractivity contribution in [1.29, 1.82) is 0 Å². The summed E-state index contributed by atoms with van der Waals surface area (Å²) in [5.74, 6) is -3.25. The number of carbonyl (C=O) groups excluding carboxylic acids is 3. The first kappa shape index (κ1) is 18.9. The number of nitro benzene ring substituents is 1. The van der Waals surface area contributed by atoms with Crippen molar-refractivity contribution in [2.75, 3.05) is 26.1 Å². The normalized spacial score (nSPS) is 10.0. The molecule has 0 unspecified atom stereocenters. The average Bonchev–Trinajstić information content (AvgIpc) is 2.54. The zero-order chi connectivity index (χ0) is 18.3. The van der Waals surface area contributed by atoms with Crippen LogP contribution in [0.2, 0.25) is 0 Å². The van der Waals surface area contributed by atoms with E-state index in [0.717, 1.165) is 26.4 Å². The van der Waals surface area contributed by atoms with E-state index in [1.807, 2.05) is 0 Å². The number of esters is 2. The lowest BCUT2D eigenvalue weighted by Crippen LogP contribution is -2.24. The lowest BCUT2D eigenvalue weighted by Gasteiger charge is -2.14. The van der Waals surface area contributed by atoms with Crippen molar-refractivity contribution >= 4 is 29.4 Å². The fourth-order valence-electron chi connectivity index (χ4n) is 1.87. The Morgan fingerprint density at radius 3 is 2.25 bits per heavy atom. The van der Waals surface area contributed by atoms with Gasteiger partial charge in [0, 0.05) is 6.07 Å². The van der Waals surface area contributed by atoms with Crippen LogP contribution in [0.25, 0.3) is 0 Å². The fourth-order valence-corrected chi connectivity index (χ4v) is 1.87. The number of hydrogen-bond acceptors (Lipinski definition) is 8. The van der Waals surface area contributed by atoms with Gasteiger partial charge in [0.2, 0.25) is 0 Å². The number of methoxy groups -OCH3 is 2. The molecule has 10 nitrogen and oxygen atoms in total. The predicted octanol–water partition coefficient (Wildman–Crippen LogP) is 1.59. The summed E-state index contributed by atoms with van der Waals surface area (Å²) in [7, 11) is 2.17. The van der Waals surface area contributed by atoms with E-state index in [9.17, 15) is 24.5 Å². The molecule has 0 saturated heterocycles. The van der Waals surface area contributed by atoms with Crippen LogP contribution in [0.1, 0.15) is 18.4 Å². The van der Waals surface area contributed by atoms with E-state index >= 15 is 0 Å². The number of amides is 1. The molecule has 130 valence electrons. The highest BCUT2D eigenvalue weighted by Gasteiger charge is 2.32. The Morgan fingerprint density at radius 2 is 1.79 bits per heavy atom. The fraction of sp³-hybridized carbons (Fsp3) is 0.357. The summed E-state index contributed by atoms with van der Waals surface area (Å²) in [6.45, 7) is 1.63. The van der Waals surface area contributed by atoms with Gasteiger partial charge in [-0.25, -0.2) is 4.79 Å². The van der Waals surface area contributed by atoms with Crippen LogP contribution in [0.15, 0.2) is 18.2 Å². The van der Waals surface area contributed by atoms with Crippen LogP contribution in [0, 0.1) is 10.1 Å². The van der Waals surface area contributed by atoms with Gasteiger partial charge < -0.3 is 14.2 Å². The van der Waals surface area contributed by atoms with Crippen molar-refractivity contribution in [2.45, 2.75) is 12.8 Å². The number of nitrogens with zero attached hydrogens (tertiary/aromatic N) is 1. The molecule has 1 amide bonds. The Morgan fingerprint density at radius 1 is 1.21 bits per heavy atom. The molecule has 0 aliphatic carbocycles. The molecule has 0 aliphatic heterocycles. The van der Waals surface area contributed by atoms with Crippen molar-refractivity contribution in [1.82, 2.24) is 0 Å². The minimum atomic E-state index is -1.44. The van der Waals surface area contributed by atoms with Crippen LogP contribution in [0.4, 0.5) is 16.2 Å². The van der Waals surface area contributed by atoms with Crippen molar-refractivity contribution < 1.29 is 33.5 Å². The smallest absolute Gasteiger partial charge is 0.411 e. The average molecular weight is 340 g/mol. The molecule has 0 spiro atoms. The van der Waals surface area contributed by atoms with Crippen molar-refractivity contribution in [3.63, 3.8) is 0 Å². The van der Waals surface area contributed by atoms with Gasteiger partial charge in [-0.15, -0.1) is 0 Å². The highest BCUT2D eigenvalue weighted by Crippen LogP contribution is 2.30. The zero-order valence-corrected chi connectivity index (χ0v) is 13.2. The van der Waals surface area contributed by atoms with Gasteiger partial charge in [-0.2, -0.15) is 0 Å². The second-order valence-corrected chi connectivity index (χ2v) is 4.36. The number of rotatable bonds is 6. The standard InChI is InChI=1S/C14H16N2O8/c1-4-24-14(19)15-9-7-8(5-6-10(9)16(20)21)11(12(17)22-2)13(18)23-3/h5-7,11H,4H2,1-3H3,(H,15,19).